The van der Waals surface area contributed by atoms with Crippen LogP contribution in [0.25, 0.3) is 0 Å². The molecule has 0 fully saturated rings. The quantitative estimate of drug-likeness (QED) is 0.612. The van der Waals surface area contributed by atoms with Crippen LogP contribution in [0.1, 0.15) is 42.6 Å². The molecule has 1 unspecified atom stereocenters. The van der Waals surface area contributed by atoms with E-state index in [2.05, 4.69) is 24.5 Å². The number of nitro groups is 1. The van der Waals surface area contributed by atoms with E-state index in [9.17, 15) is 19.7 Å². The van der Waals surface area contributed by atoms with Gasteiger partial charge in [0, 0.05) is 23.4 Å². The Hall–Kier alpha value is -3.22. The van der Waals surface area contributed by atoms with E-state index in [0.29, 0.717) is 11.6 Å². The maximum absolute atomic E-state index is 12.3. The van der Waals surface area contributed by atoms with Crippen molar-refractivity contribution in [3.8, 4) is 0 Å². The molecule has 1 atom stereocenters. The van der Waals surface area contributed by atoms with Gasteiger partial charge < -0.3 is 10.6 Å². The van der Waals surface area contributed by atoms with Crippen LogP contribution in [-0.2, 0) is 4.79 Å². The SMILES string of the molecule is CC(NC(=O)c1cccc([N+](=O)[O-])c1)C(=O)Nc1cccc(C(C)C)c1. The second kappa shape index (κ2) is 8.24. The maximum atomic E-state index is 12.3. The minimum Gasteiger partial charge on any atom is -0.341 e. The third kappa shape index (κ3) is 4.89. The molecule has 0 aliphatic heterocycles. The van der Waals surface area contributed by atoms with Crippen LogP contribution in [-0.4, -0.2) is 22.8 Å². The van der Waals surface area contributed by atoms with Crippen molar-refractivity contribution in [3.63, 3.8) is 0 Å². The van der Waals surface area contributed by atoms with Gasteiger partial charge in [-0.2, -0.15) is 0 Å². The van der Waals surface area contributed by atoms with Crippen LogP contribution in [0, 0.1) is 10.1 Å². The minimum absolute atomic E-state index is 0.126. The predicted molar refractivity (Wildman–Crippen MR) is 99.2 cm³/mol. The standard InChI is InChI=1S/C19H21N3O4/c1-12(2)14-6-4-8-16(10-14)21-18(23)13(3)20-19(24)15-7-5-9-17(11-15)22(25)26/h4-13H,1-3H3,(H,20,24)(H,21,23). The summed E-state index contributed by atoms with van der Waals surface area (Å²) < 4.78 is 0. The van der Waals surface area contributed by atoms with E-state index in [-0.39, 0.29) is 17.2 Å². The lowest BCUT2D eigenvalue weighted by Crippen LogP contribution is -2.41. The lowest BCUT2D eigenvalue weighted by atomic mass is 10.0. The Morgan fingerprint density at radius 3 is 2.38 bits per heavy atom. The molecule has 2 rings (SSSR count). The summed E-state index contributed by atoms with van der Waals surface area (Å²) in [6.07, 6.45) is 0. The number of nitro benzene ring substituents is 1. The number of anilines is 1. The second-order valence-corrected chi connectivity index (χ2v) is 6.27. The van der Waals surface area contributed by atoms with Gasteiger partial charge in [-0.05, 0) is 36.6 Å². The lowest BCUT2D eigenvalue weighted by Gasteiger charge is -2.15. The Kier molecular flexibility index (Phi) is 6.06. The highest BCUT2D eigenvalue weighted by Crippen LogP contribution is 2.18. The first-order valence-electron chi connectivity index (χ1n) is 8.24. The van der Waals surface area contributed by atoms with Gasteiger partial charge in [-0.25, -0.2) is 0 Å². The number of nitrogens with zero attached hydrogens (tertiary/aromatic N) is 1. The molecule has 0 saturated heterocycles. The van der Waals surface area contributed by atoms with Crippen LogP contribution < -0.4 is 10.6 Å². The Morgan fingerprint density at radius 2 is 1.73 bits per heavy atom. The number of non-ortho nitro benzene ring substituents is 1. The number of rotatable bonds is 6. The smallest absolute Gasteiger partial charge is 0.270 e. The van der Waals surface area contributed by atoms with Gasteiger partial charge >= 0.3 is 0 Å². The highest BCUT2D eigenvalue weighted by atomic mass is 16.6. The Morgan fingerprint density at radius 1 is 1.04 bits per heavy atom. The van der Waals surface area contributed by atoms with E-state index in [1.54, 1.807) is 13.0 Å². The van der Waals surface area contributed by atoms with Crippen LogP contribution in [0.15, 0.2) is 48.5 Å². The Balaban J connectivity index is 2.02. The molecule has 0 spiro atoms. The van der Waals surface area contributed by atoms with Gasteiger partial charge in [0.25, 0.3) is 11.6 Å². The highest BCUT2D eigenvalue weighted by molar-refractivity contribution is 6.01. The van der Waals surface area contributed by atoms with Crippen LogP contribution in [0.5, 0.6) is 0 Å². The first kappa shape index (κ1) is 19.1. The molecule has 136 valence electrons. The summed E-state index contributed by atoms with van der Waals surface area (Å²) >= 11 is 0. The lowest BCUT2D eigenvalue weighted by molar-refractivity contribution is -0.384. The molecule has 7 heteroatoms. The van der Waals surface area contributed by atoms with Gasteiger partial charge in [-0.3, -0.25) is 19.7 Å². The number of nitrogens with one attached hydrogen (secondary N) is 2. The largest absolute Gasteiger partial charge is 0.341 e. The number of carbonyl (C=O) groups excluding carboxylic acids is 2. The fourth-order valence-electron chi connectivity index (χ4n) is 2.33. The van der Waals surface area contributed by atoms with Crippen molar-refractivity contribution in [1.82, 2.24) is 5.32 Å². The molecule has 2 aromatic rings. The van der Waals surface area contributed by atoms with E-state index < -0.39 is 16.9 Å². The third-order valence-electron chi connectivity index (χ3n) is 3.88. The van der Waals surface area contributed by atoms with E-state index in [1.165, 1.54) is 24.3 Å². The summed E-state index contributed by atoms with van der Waals surface area (Å²) in [5, 5.41) is 16.1. The van der Waals surface area contributed by atoms with Crippen molar-refractivity contribution in [2.24, 2.45) is 0 Å². The fourth-order valence-corrected chi connectivity index (χ4v) is 2.33. The zero-order valence-electron chi connectivity index (χ0n) is 14.9. The van der Waals surface area contributed by atoms with Crippen LogP contribution in [0.3, 0.4) is 0 Å². The molecule has 2 amide bonds. The predicted octanol–water partition coefficient (Wildman–Crippen LogP) is 3.48. The molecule has 2 N–H and O–H groups in total. The summed E-state index contributed by atoms with van der Waals surface area (Å²) in [5.41, 5.74) is 1.69. The summed E-state index contributed by atoms with van der Waals surface area (Å²) in [7, 11) is 0. The average Bonchev–Trinajstić information content (AvgIpc) is 2.61. The molecule has 0 saturated carbocycles. The van der Waals surface area contributed by atoms with Crippen molar-refractivity contribution >= 4 is 23.2 Å². The molecule has 7 nitrogen and oxygen atoms in total. The van der Waals surface area contributed by atoms with Crippen molar-refractivity contribution < 1.29 is 14.5 Å². The summed E-state index contributed by atoms with van der Waals surface area (Å²) in [6.45, 7) is 5.67. The molecule has 0 bridgehead atoms. The van der Waals surface area contributed by atoms with Crippen molar-refractivity contribution in [2.75, 3.05) is 5.32 Å². The molecule has 2 aromatic carbocycles. The summed E-state index contributed by atoms with van der Waals surface area (Å²) in [6, 6.07) is 12.1. The van der Waals surface area contributed by atoms with E-state index >= 15 is 0 Å². The van der Waals surface area contributed by atoms with Gasteiger partial charge in [0.05, 0.1) is 4.92 Å². The van der Waals surface area contributed by atoms with Gasteiger partial charge in [-0.1, -0.05) is 32.0 Å². The van der Waals surface area contributed by atoms with Crippen LogP contribution in [0.2, 0.25) is 0 Å². The Bertz CT molecular complexity index is 833. The molecular formula is C19H21N3O4. The zero-order valence-corrected chi connectivity index (χ0v) is 14.9. The molecule has 26 heavy (non-hydrogen) atoms. The minimum atomic E-state index is -0.801. The van der Waals surface area contributed by atoms with Gasteiger partial charge in [0.2, 0.25) is 5.91 Å². The third-order valence-corrected chi connectivity index (χ3v) is 3.88. The van der Waals surface area contributed by atoms with E-state index in [1.807, 2.05) is 18.2 Å². The monoisotopic (exact) mass is 355 g/mol. The average molecular weight is 355 g/mol. The number of hydrogen-bond acceptors (Lipinski definition) is 4. The first-order chi connectivity index (χ1) is 12.3. The number of amides is 2. The number of hydrogen-bond donors (Lipinski definition) is 2. The topological polar surface area (TPSA) is 101 Å². The molecule has 0 aliphatic carbocycles. The van der Waals surface area contributed by atoms with Crippen molar-refractivity contribution in [3.05, 3.63) is 69.8 Å². The van der Waals surface area contributed by atoms with Crippen molar-refractivity contribution in [2.45, 2.75) is 32.7 Å². The number of benzene rings is 2. The fraction of sp³-hybridized carbons (Fsp3) is 0.263. The zero-order chi connectivity index (χ0) is 19.3. The maximum Gasteiger partial charge on any atom is 0.270 e. The molecule has 0 radical (unpaired) electrons. The van der Waals surface area contributed by atoms with Gasteiger partial charge in [0.15, 0.2) is 0 Å². The van der Waals surface area contributed by atoms with Crippen LogP contribution >= 0.6 is 0 Å². The first-order valence-corrected chi connectivity index (χ1v) is 8.24. The highest BCUT2D eigenvalue weighted by Gasteiger charge is 2.18. The van der Waals surface area contributed by atoms with E-state index in [4.69, 9.17) is 0 Å². The molecule has 0 aliphatic rings. The van der Waals surface area contributed by atoms with Gasteiger partial charge in [0.1, 0.15) is 6.04 Å². The normalized spacial score (nSPS) is 11.7. The molecular weight excluding hydrogens is 334 g/mol. The summed E-state index contributed by atoms with van der Waals surface area (Å²) in [4.78, 5) is 34.7. The van der Waals surface area contributed by atoms with Crippen LogP contribution in [0.4, 0.5) is 11.4 Å². The Labute approximate surface area is 151 Å². The second-order valence-electron chi connectivity index (χ2n) is 6.27. The van der Waals surface area contributed by atoms with Crippen molar-refractivity contribution in [1.29, 1.82) is 0 Å². The van der Waals surface area contributed by atoms with E-state index in [0.717, 1.165) is 5.56 Å². The summed E-state index contributed by atoms with van der Waals surface area (Å²) in [5.74, 6) is -0.588. The number of carbonyl (C=O) groups is 2. The molecule has 0 aromatic heterocycles. The molecule has 0 heterocycles. The van der Waals surface area contributed by atoms with Gasteiger partial charge in [-0.15, -0.1) is 0 Å².